The predicted molar refractivity (Wildman–Crippen MR) is 209 cm³/mol. The van der Waals surface area contributed by atoms with E-state index in [-0.39, 0.29) is 0 Å². The van der Waals surface area contributed by atoms with Crippen molar-refractivity contribution in [3.05, 3.63) is 176 Å². The zero-order valence-corrected chi connectivity index (χ0v) is 27.5. The van der Waals surface area contributed by atoms with Gasteiger partial charge in [-0.15, -0.1) is 0 Å². The normalized spacial score (nSPS) is 11.5. The van der Waals surface area contributed by atoms with Crippen LogP contribution in [0.2, 0.25) is 0 Å². The van der Waals surface area contributed by atoms with Crippen LogP contribution in [-0.4, -0.2) is 15.0 Å². The third kappa shape index (κ3) is 5.22. The average molecular weight is 652 g/mol. The van der Waals surface area contributed by atoms with E-state index < -0.39 is 0 Å². The summed E-state index contributed by atoms with van der Waals surface area (Å²) in [7, 11) is 0. The van der Waals surface area contributed by atoms with E-state index in [4.69, 9.17) is 19.4 Å². The first kappa shape index (κ1) is 29.0. The Balaban J connectivity index is 1.04. The number of nitrogens with zero attached hydrogens (tertiary/aromatic N) is 3. The summed E-state index contributed by atoms with van der Waals surface area (Å²) in [6, 6.07) is 61.2. The molecule has 4 heteroatoms. The van der Waals surface area contributed by atoms with Gasteiger partial charge in [-0.05, 0) is 80.2 Å². The van der Waals surface area contributed by atoms with Crippen LogP contribution in [0.25, 0.3) is 99.9 Å². The van der Waals surface area contributed by atoms with Crippen LogP contribution in [-0.2, 0) is 0 Å². The highest BCUT2D eigenvalue weighted by atomic mass is 16.3. The largest absolute Gasteiger partial charge is 0.456 e. The number of rotatable bonds is 5. The van der Waals surface area contributed by atoms with Crippen LogP contribution in [0.1, 0.15) is 0 Å². The third-order valence-corrected chi connectivity index (χ3v) is 9.68. The van der Waals surface area contributed by atoms with E-state index in [0.29, 0.717) is 17.5 Å². The number of benzene rings is 8. The van der Waals surface area contributed by atoms with E-state index in [0.717, 1.165) is 55.1 Å². The Hall–Kier alpha value is -6.91. The lowest BCUT2D eigenvalue weighted by Crippen LogP contribution is -2.00. The van der Waals surface area contributed by atoms with E-state index >= 15 is 0 Å². The molecule has 10 aromatic rings. The fraction of sp³-hybridized carbons (Fsp3) is 0. The van der Waals surface area contributed by atoms with Gasteiger partial charge in [-0.2, -0.15) is 0 Å². The molecule has 238 valence electrons. The van der Waals surface area contributed by atoms with E-state index in [2.05, 4.69) is 127 Å². The highest BCUT2D eigenvalue weighted by Gasteiger charge is 2.15. The Morgan fingerprint density at radius 1 is 0.314 bits per heavy atom. The summed E-state index contributed by atoms with van der Waals surface area (Å²) in [5.41, 5.74) is 9.22. The number of aromatic nitrogens is 3. The maximum atomic E-state index is 6.17. The summed E-state index contributed by atoms with van der Waals surface area (Å²) in [4.78, 5) is 15.0. The third-order valence-electron chi connectivity index (χ3n) is 9.68. The Morgan fingerprint density at radius 3 is 1.67 bits per heavy atom. The van der Waals surface area contributed by atoms with Gasteiger partial charge in [0.25, 0.3) is 0 Å². The van der Waals surface area contributed by atoms with Crippen molar-refractivity contribution < 1.29 is 4.42 Å². The molecule has 2 aromatic heterocycles. The van der Waals surface area contributed by atoms with Gasteiger partial charge in [0.1, 0.15) is 11.2 Å². The van der Waals surface area contributed by atoms with Crippen LogP contribution in [0.15, 0.2) is 180 Å². The summed E-state index contributed by atoms with van der Waals surface area (Å²) in [5, 5.41) is 6.98. The van der Waals surface area contributed by atoms with Crippen molar-refractivity contribution in [1.29, 1.82) is 0 Å². The molecule has 0 N–H and O–H groups in total. The number of para-hydroxylation sites is 1. The van der Waals surface area contributed by atoms with Crippen LogP contribution in [0.3, 0.4) is 0 Å². The molecule has 0 aliphatic heterocycles. The van der Waals surface area contributed by atoms with Crippen molar-refractivity contribution in [2.24, 2.45) is 0 Å². The minimum Gasteiger partial charge on any atom is -0.456 e. The van der Waals surface area contributed by atoms with E-state index in [9.17, 15) is 0 Å². The molecule has 0 aliphatic rings. The van der Waals surface area contributed by atoms with Gasteiger partial charge in [0.05, 0.1) is 0 Å². The summed E-state index contributed by atoms with van der Waals surface area (Å²) in [6.07, 6.45) is 0. The summed E-state index contributed by atoms with van der Waals surface area (Å²) >= 11 is 0. The molecule has 0 saturated carbocycles. The molecule has 0 bridgehead atoms. The SMILES string of the molecule is c1ccc(-c2nc(-c3cccc(-c4ccc5cc(-c6cccc7oc8ccccc8c67)ccc5c4)c3)nc(-c3ccc4ccccc4c3)n2)cc1. The smallest absolute Gasteiger partial charge is 0.164 e. The van der Waals surface area contributed by atoms with Crippen molar-refractivity contribution in [1.82, 2.24) is 15.0 Å². The van der Waals surface area contributed by atoms with Crippen LogP contribution >= 0.6 is 0 Å². The number of furan rings is 1. The van der Waals surface area contributed by atoms with Gasteiger partial charge >= 0.3 is 0 Å². The van der Waals surface area contributed by atoms with Gasteiger partial charge in [-0.3, -0.25) is 0 Å². The van der Waals surface area contributed by atoms with Crippen LogP contribution in [0, 0.1) is 0 Å². The molecule has 51 heavy (non-hydrogen) atoms. The van der Waals surface area contributed by atoms with Crippen molar-refractivity contribution in [2.45, 2.75) is 0 Å². The second-order valence-corrected chi connectivity index (χ2v) is 12.9. The molecule has 0 radical (unpaired) electrons. The molecule has 0 amide bonds. The Labute approximate surface area is 294 Å². The first-order valence-corrected chi connectivity index (χ1v) is 17.1. The second kappa shape index (κ2) is 11.9. The lowest BCUT2D eigenvalue weighted by Gasteiger charge is -2.11. The summed E-state index contributed by atoms with van der Waals surface area (Å²) in [5.74, 6) is 1.94. The molecule has 10 rings (SSSR count). The van der Waals surface area contributed by atoms with E-state index in [1.807, 2.05) is 48.5 Å². The van der Waals surface area contributed by atoms with Gasteiger partial charge in [0.2, 0.25) is 0 Å². The highest BCUT2D eigenvalue weighted by molar-refractivity contribution is 6.13. The molecule has 0 saturated heterocycles. The molecule has 0 atom stereocenters. The number of hydrogen-bond acceptors (Lipinski definition) is 4. The highest BCUT2D eigenvalue weighted by Crippen LogP contribution is 2.38. The molecule has 0 aliphatic carbocycles. The Bertz CT molecular complexity index is 2930. The molecule has 8 aromatic carbocycles. The zero-order valence-electron chi connectivity index (χ0n) is 27.5. The molecule has 0 fully saturated rings. The van der Waals surface area contributed by atoms with Crippen LogP contribution in [0.4, 0.5) is 0 Å². The standard InChI is InChI=1S/C47H29N3O/c1-2-11-31(12-3-1)45-48-46(50-47(49-45)39-25-20-30-10-4-5-13-32(30)28-39)38-15-8-14-33(29-38)34-21-22-36-27-37(24-23-35(36)26-34)40-17-9-19-43-44(40)41-16-6-7-18-42(41)51-43/h1-29H. The van der Waals surface area contributed by atoms with Crippen molar-refractivity contribution in [3.63, 3.8) is 0 Å². The predicted octanol–water partition coefficient (Wildman–Crippen LogP) is 12.4. The lowest BCUT2D eigenvalue weighted by atomic mass is 9.95. The molecular weight excluding hydrogens is 623 g/mol. The van der Waals surface area contributed by atoms with Crippen LogP contribution in [0.5, 0.6) is 0 Å². The Kier molecular flexibility index (Phi) is 6.78. The Morgan fingerprint density at radius 2 is 0.824 bits per heavy atom. The fourth-order valence-electron chi connectivity index (χ4n) is 7.12. The van der Waals surface area contributed by atoms with Gasteiger partial charge in [-0.25, -0.2) is 15.0 Å². The molecule has 0 unspecified atom stereocenters. The van der Waals surface area contributed by atoms with Crippen molar-refractivity contribution >= 4 is 43.5 Å². The molecule has 2 heterocycles. The van der Waals surface area contributed by atoms with E-state index in [1.165, 1.54) is 27.3 Å². The molecule has 0 spiro atoms. The maximum absolute atomic E-state index is 6.17. The summed E-state index contributed by atoms with van der Waals surface area (Å²) < 4.78 is 6.17. The van der Waals surface area contributed by atoms with E-state index in [1.54, 1.807) is 0 Å². The van der Waals surface area contributed by atoms with Gasteiger partial charge in [0.15, 0.2) is 17.5 Å². The van der Waals surface area contributed by atoms with Gasteiger partial charge in [-0.1, -0.05) is 140 Å². The molecule has 4 nitrogen and oxygen atoms in total. The van der Waals surface area contributed by atoms with Gasteiger partial charge in [0, 0.05) is 27.5 Å². The second-order valence-electron chi connectivity index (χ2n) is 12.9. The van der Waals surface area contributed by atoms with Crippen LogP contribution < -0.4 is 0 Å². The topological polar surface area (TPSA) is 51.8 Å². The number of fused-ring (bicyclic) bond motifs is 5. The zero-order chi connectivity index (χ0) is 33.7. The first-order chi connectivity index (χ1) is 25.2. The average Bonchev–Trinajstić information content (AvgIpc) is 3.59. The van der Waals surface area contributed by atoms with Crippen molar-refractivity contribution in [3.8, 4) is 56.4 Å². The maximum Gasteiger partial charge on any atom is 0.164 e. The molecular formula is C47H29N3O. The monoisotopic (exact) mass is 651 g/mol. The minimum atomic E-state index is 0.639. The number of hydrogen-bond donors (Lipinski definition) is 0. The quantitative estimate of drug-likeness (QED) is 0.186. The minimum absolute atomic E-state index is 0.639. The summed E-state index contributed by atoms with van der Waals surface area (Å²) in [6.45, 7) is 0. The first-order valence-electron chi connectivity index (χ1n) is 17.1. The van der Waals surface area contributed by atoms with Crippen molar-refractivity contribution in [2.75, 3.05) is 0 Å². The van der Waals surface area contributed by atoms with Gasteiger partial charge < -0.3 is 4.42 Å². The fourth-order valence-corrected chi connectivity index (χ4v) is 7.12. The lowest BCUT2D eigenvalue weighted by molar-refractivity contribution is 0.669.